The first kappa shape index (κ1) is 19.0. The number of thioether (sulfide) groups is 1. The van der Waals surface area contributed by atoms with E-state index in [1.807, 2.05) is 58.0 Å². The third-order valence-electron chi connectivity index (χ3n) is 5.87. The van der Waals surface area contributed by atoms with E-state index >= 15 is 0 Å². The monoisotopic (exact) mass is 422 g/mol. The van der Waals surface area contributed by atoms with Gasteiger partial charge in [-0.15, -0.1) is 11.8 Å². The molecule has 1 saturated heterocycles. The molecule has 3 aromatic rings. The average molecular weight is 423 g/mol. The van der Waals surface area contributed by atoms with E-state index < -0.39 is 5.25 Å². The maximum Gasteiger partial charge on any atom is 0.326 e. The van der Waals surface area contributed by atoms with E-state index in [1.165, 1.54) is 11.8 Å². The van der Waals surface area contributed by atoms with Crippen LogP contribution in [0.1, 0.15) is 25.3 Å². The number of aromatic nitrogens is 2. The highest BCUT2D eigenvalue weighted by atomic mass is 32.2. The number of H-pyrrole nitrogens is 1. The van der Waals surface area contributed by atoms with Crippen LogP contribution in [0.4, 0.5) is 5.69 Å². The average Bonchev–Trinajstić information content (AvgIpc) is 3.10. The van der Waals surface area contributed by atoms with Crippen LogP contribution < -0.4 is 11.0 Å². The molecule has 2 aromatic carbocycles. The van der Waals surface area contributed by atoms with Gasteiger partial charge in [-0.2, -0.15) is 0 Å². The highest BCUT2D eigenvalue weighted by Gasteiger charge is 2.32. The summed E-state index contributed by atoms with van der Waals surface area (Å²) in [4.78, 5) is 43.4. The minimum absolute atomic E-state index is 0.00763. The molecule has 0 bridgehead atoms. The van der Waals surface area contributed by atoms with Gasteiger partial charge in [-0.25, -0.2) is 4.79 Å². The summed E-state index contributed by atoms with van der Waals surface area (Å²) < 4.78 is 1.82. The number of hydrogen-bond donors (Lipinski definition) is 2. The van der Waals surface area contributed by atoms with E-state index in [4.69, 9.17) is 0 Å². The van der Waals surface area contributed by atoms with E-state index in [1.54, 1.807) is 0 Å². The van der Waals surface area contributed by atoms with Crippen LogP contribution >= 0.6 is 11.8 Å². The first-order chi connectivity index (χ1) is 14.6. The third-order valence-corrected chi connectivity index (χ3v) is 7.15. The predicted molar refractivity (Wildman–Crippen MR) is 117 cm³/mol. The van der Waals surface area contributed by atoms with Crippen molar-refractivity contribution < 1.29 is 9.59 Å². The fourth-order valence-electron chi connectivity index (χ4n) is 4.32. The van der Waals surface area contributed by atoms with E-state index in [2.05, 4.69) is 10.3 Å². The molecule has 7 nitrogen and oxygen atoms in total. The molecular formula is C22H22N4O3S. The fraction of sp³-hybridized carbons (Fsp3) is 0.318. The molecule has 2 amide bonds. The standard InChI is InChI=1S/C22H22N4O3S/c27-20(13-19-21(28)23-16-6-2-4-8-18(16)30-19)25-11-9-14(10-12-25)26-17-7-3-1-5-15(17)24-22(26)29/h1-8,14,19H,9-13H2,(H,23,28)(H,24,29)/t19-/m0/s1. The molecule has 3 heterocycles. The van der Waals surface area contributed by atoms with Gasteiger partial charge in [-0.3, -0.25) is 14.2 Å². The highest BCUT2D eigenvalue weighted by molar-refractivity contribution is 8.01. The number of aromatic amines is 1. The number of para-hydroxylation sites is 3. The van der Waals surface area contributed by atoms with Crippen LogP contribution in [0, 0.1) is 0 Å². The fourth-order valence-corrected chi connectivity index (χ4v) is 5.43. The number of amides is 2. The molecule has 0 aliphatic carbocycles. The van der Waals surface area contributed by atoms with Gasteiger partial charge in [0.1, 0.15) is 0 Å². The Morgan fingerprint density at radius 1 is 1.03 bits per heavy atom. The van der Waals surface area contributed by atoms with Crippen molar-refractivity contribution in [1.82, 2.24) is 14.5 Å². The molecule has 30 heavy (non-hydrogen) atoms. The Bertz CT molecular complexity index is 1180. The van der Waals surface area contributed by atoms with Crippen LogP contribution in [-0.2, 0) is 9.59 Å². The summed E-state index contributed by atoms with van der Waals surface area (Å²) in [6, 6.07) is 15.4. The number of hydrogen-bond acceptors (Lipinski definition) is 4. The van der Waals surface area contributed by atoms with Crippen molar-refractivity contribution in [2.45, 2.75) is 35.4 Å². The second-order valence-electron chi connectivity index (χ2n) is 7.73. The molecule has 0 spiro atoms. The first-order valence-corrected chi connectivity index (χ1v) is 11.0. The number of benzene rings is 2. The van der Waals surface area contributed by atoms with Crippen LogP contribution in [0.15, 0.2) is 58.2 Å². The number of anilines is 1. The van der Waals surface area contributed by atoms with E-state index in [0.29, 0.717) is 13.1 Å². The number of nitrogens with one attached hydrogen (secondary N) is 2. The number of piperidine rings is 1. The second-order valence-corrected chi connectivity index (χ2v) is 8.97. The molecule has 2 aliphatic heterocycles. The lowest BCUT2D eigenvalue weighted by Gasteiger charge is -2.33. The van der Waals surface area contributed by atoms with Crippen molar-refractivity contribution in [1.29, 1.82) is 0 Å². The molecule has 154 valence electrons. The molecule has 0 unspecified atom stereocenters. The maximum atomic E-state index is 12.9. The van der Waals surface area contributed by atoms with E-state index in [-0.39, 0.29) is 30.0 Å². The maximum absolute atomic E-state index is 12.9. The Labute approximate surface area is 177 Å². The van der Waals surface area contributed by atoms with E-state index in [0.717, 1.165) is 34.5 Å². The summed E-state index contributed by atoms with van der Waals surface area (Å²) in [7, 11) is 0. The van der Waals surface area contributed by atoms with Crippen molar-refractivity contribution in [2.75, 3.05) is 18.4 Å². The van der Waals surface area contributed by atoms with Crippen molar-refractivity contribution in [3.05, 3.63) is 59.0 Å². The summed E-state index contributed by atoms with van der Waals surface area (Å²) in [6.45, 7) is 1.18. The van der Waals surface area contributed by atoms with Crippen molar-refractivity contribution in [3.8, 4) is 0 Å². The topological polar surface area (TPSA) is 87.2 Å². The molecular weight excluding hydrogens is 400 g/mol. The predicted octanol–water partition coefficient (Wildman–Crippen LogP) is 3.00. The van der Waals surface area contributed by atoms with Gasteiger partial charge in [0.2, 0.25) is 11.8 Å². The van der Waals surface area contributed by atoms with Gasteiger partial charge in [0, 0.05) is 30.4 Å². The molecule has 0 radical (unpaired) electrons. The van der Waals surface area contributed by atoms with E-state index in [9.17, 15) is 14.4 Å². The third kappa shape index (κ3) is 3.41. The van der Waals surface area contributed by atoms with Crippen LogP contribution in [0.3, 0.4) is 0 Å². The zero-order valence-corrected chi connectivity index (χ0v) is 17.2. The number of nitrogens with zero attached hydrogens (tertiary/aromatic N) is 2. The van der Waals surface area contributed by atoms with Crippen LogP contribution in [0.2, 0.25) is 0 Å². The van der Waals surface area contributed by atoms with Gasteiger partial charge in [0.25, 0.3) is 0 Å². The van der Waals surface area contributed by atoms with Crippen molar-refractivity contribution >= 4 is 40.3 Å². The molecule has 8 heteroatoms. The summed E-state index contributed by atoms with van der Waals surface area (Å²) in [5.74, 6) is -0.126. The van der Waals surface area contributed by atoms with Crippen molar-refractivity contribution in [3.63, 3.8) is 0 Å². The molecule has 2 aliphatic rings. The molecule has 2 N–H and O–H groups in total. The summed E-state index contributed by atoms with van der Waals surface area (Å²) in [5.41, 5.74) is 2.44. The number of carbonyl (C=O) groups excluding carboxylic acids is 2. The Morgan fingerprint density at radius 3 is 2.60 bits per heavy atom. The smallest absolute Gasteiger partial charge is 0.326 e. The molecule has 1 fully saturated rings. The molecule has 0 saturated carbocycles. The number of fused-ring (bicyclic) bond motifs is 2. The zero-order chi connectivity index (χ0) is 20.7. The lowest BCUT2D eigenvalue weighted by atomic mass is 10.0. The van der Waals surface area contributed by atoms with Crippen molar-refractivity contribution in [2.24, 2.45) is 0 Å². The summed E-state index contributed by atoms with van der Waals surface area (Å²) >= 11 is 1.45. The number of imidazole rings is 1. The van der Waals surface area contributed by atoms with Gasteiger partial charge in [0.15, 0.2) is 0 Å². The Morgan fingerprint density at radius 2 is 1.77 bits per heavy atom. The summed E-state index contributed by atoms with van der Waals surface area (Å²) in [5, 5.41) is 2.48. The molecule has 1 aromatic heterocycles. The minimum atomic E-state index is -0.415. The Hall–Kier alpha value is -3.00. The lowest BCUT2D eigenvalue weighted by Crippen LogP contribution is -2.42. The van der Waals surface area contributed by atoms with Gasteiger partial charge < -0.3 is 15.2 Å². The largest absolute Gasteiger partial charge is 0.342 e. The van der Waals surface area contributed by atoms with Gasteiger partial charge in [0.05, 0.1) is 22.0 Å². The molecule has 1 atom stereocenters. The van der Waals surface area contributed by atoms with Crippen LogP contribution in [0.5, 0.6) is 0 Å². The Kier molecular flexibility index (Phi) is 4.86. The number of carbonyl (C=O) groups is 2. The van der Waals surface area contributed by atoms with Gasteiger partial charge >= 0.3 is 5.69 Å². The molecule has 5 rings (SSSR count). The first-order valence-electron chi connectivity index (χ1n) is 10.1. The van der Waals surface area contributed by atoms with Crippen LogP contribution in [-0.4, -0.2) is 44.6 Å². The second kappa shape index (κ2) is 7.68. The number of rotatable bonds is 3. The summed E-state index contributed by atoms with van der Waals surface area (Å²) in [6.07, 6.45) is 1.63. The van der Waals surface area contributed by atoms with Gasteiger partial charge in [-0.1, -0.05) is 24.3 Å². The highest BCUT2D eigenvalue weighted by Crippen LogP contribution is 2.37. The van der Waals surface area contributed by atoms with Crippen LogP contribution in [0.25, 0.3) is 11.0 Å². The SMILES string of the molecule is O=C1Nc2ccccc2S[C@H]1CC(=O)N1CCC(n2c(=O)[nH]c3ccccc32)CC1. The Balaban J connectivity index is 1.24. The normalized spacial score (nSPS) is 19.5. The zero-order valence-electron chi connectivity index (χ0n) is 16.3. The quantitative estimate of drug-likeness (QED) is 0.679. The number of likely N-dealkylation sites (tertiary alicyclic amines) is 1. The lowest BCUT2D eigenvalue weighted by molar-refractivity contribution is -0.133. The minimum Gasteiger partial charge on any atom is -0.342 e. The van der Waals surface area contributed by atoms with Gasteiger partial charge in [-0.05, 0) is 37.1 Å².